The Hall–Kier alpha value is -0.790. The lowest BCUT2D eigenvalue weighted by Gasteiger charge is -2.30. The van der Waals surface area contributed by atoms with E-state index in [2.05, 4.69) is 0 Å². The van der Waals surface area contributed by atoms with Crippen LogP contribution in [-0.2, 0) is 19.1 Å². The number of morpholine rings is 1. The summed E-state index contributed by atoms with van der Waals surface area (Å²) in [4.78, 5) is 24.0. The lowest BCUT2D eigenvalue weighted by Crippen LogP contribution is -2.49. The molecule has 0 aliphatic carbocycles. The van der Waals surface area contributed by atoms with Crippen molar-refractivity contribution in [3.05, 3.63) is 0 Å². The van der Waals surface area contributed by atoms with Crippen molar-refractivity contribution >= 4 is 23.6 Å². The SMILES string of the molecule is COCCSCC(=O)N1CCOC(C(=O)O)C1. The average Bonchev–Trinajstić information content (AvgIpc) is 2.34. The van der Waals surface area contributed by atoms with E-state index in [0.717, 1.165) is 5.75 Å². The Morgan fingerprint density at radius 2 is 2.35 bits per heavy atom. The van der Waals surface area contributed by atoms with Gasteiger partial charge < -0.3 is 19.5 Å². The molecule has 0 bridgehead atoms. The van der Waals surface area contributed by atoms with Gasteiger partial charge in [-0.25, -0.2) is 4.79 Å². The van der Waals surface area contributed by atoms with Crippen LogP contribution in [0.3, 0.4) is 0 Å². The Bertz CT molecular complexity index is 273. The van der Waals surface area contributed by atoms with E-state index < -0.39 is 12.1 Å². The Labute approximate surface area is 104 Å². The molecule has 0 spiro atoms. The summed E-state index contributed by atoms with van der Waals surface area (Å²) in [5.74, 6) is 0.0557. The van der Waals surface area contributed by atoms with Crippen LogP contribution in [-0.4, -0.2) is 72.9 Å². The van der Waals surface area contributed by atoms with Crippen molar-refractivity contribution in [3.63, 3.8) is 0 Å². The molecule has 0 aromatic carbocycles. The molecule has 1 aliphatic heterocycles. The van der Waals surface area contributed by atoms with Crippen LogP contribution in [0.2, 0.25) is 0 Å². The van der Waals surface area contributed by atoms with Crippen LogP contribution in [0, 0.1) is 0 Å². The second-order valence-corrected chi connectivity index (χ2v) is 4.69. The molecular formula is C10H17NO5S. The molecule has 1 saturated heterocycles. The fraction of sp³-hybridized carbons (Fsp3) is 0.800. The molecule has 1 unspecified atom stereocenters. The Morgan fingerprint density at radius 1 is 1.59 bits per heavy atom. The molecule has 1 fully saturated rings. The monoisotopic (exact) mass is 263 g/mol. The number of hydrogen-bond donors (Lipinski definition) is 1. The molecule has 7 heteroatoms. The van der Waals surface area contributed by atoms with E-state index in [-0.39, 0.29) is 19.1 Å². The Kier molecular flexibility index (Phi) is 6.31. The molecule has 1 amide bonds. The van der Waals surface area contributed by atoms with Crippen LogP contribution in [0.4, 0.5) is 0 Å². The molecule has 6 nitrogen and oxygen atoms in total. The number of carbonyl (C=O) groups is 2. The first kappa shape index (κ1) is 14.3. The largest absolute Gasteiger partial charge is 0.479 e. The topological polar surface area (TPSA) is 76.1 Å². The maximum atomic E-state index is 11.7. The van der Waals surface area contributed by atoms with Gasteiger partial charge in [-0.2, -0.15) is 0 Å². The average molecular weight is 263 g/mol. The number of carbonyl (C=O) groups excluding carboxylic acids is 1. The molecule has 1 atom stereocenters. The number of nitrogens with zero attached hydrogens (tertiary/aromatic N) is 1. The zero-order valence-electron chi connectivity index (χ0n) is 9.76. The number of amides is 1. The number of carboxylic acid groups (broad SMARTS) is 1. The second kappa shape index (κ2) is 7.52. The summed E-state index contributed by atoms with van der Waals surface area (Å²) in [7, 11) is 1.61. The summed E-state index contributed by atoms with van der Waals surface area (Å²) < 4.78 is 9.92. The third-order valence-electron chi connectivity index (χ3n) is 2.35. The molecule has 1 N–H and O–H groups in total. The van der Waals surface area contributed by atoms with E-state index in [9.17, 15) is 9.59 Å². The van der Waals surface area contributed by atoms with Gasteiger partial charge in [-0.3, -0.25) is 4.79 Å². The number of ether oxygens (including phenoxy) is 2. The van der Waals surface area contributed by atoms with Crippen LogP contribution >= 0.6 is 11.8 Å². The van der Waals surface area contributed by atoms with Crippen molar-refractivity contribution in [2.75, 3.05) is 44.9 Å². The van der Waals surface area contributed by atoms with Gasteiger partial charge >= 0.3 is 5.97 Å². The van der Waals surface area contributed by atoms with Crippen molar-refractivity contribution in [2.45, 2.75) is 6.10 Å². The molecule has 1 aliphatic rings. The van der Waals surface area contributed by atoms with Crippen molar-refractivity contribution in [2.24, 2.45) is 0 Å². The van der Waals surface area contributed by atoms with Crippen molar-refractivity contribution in [1.82, 2.24) is 4.90 Å². The maximum Gasteiger partial charge on any atom is 0.334 e. The lowest BCUT2D eigenvalue weighted by atomic mass is 10.3. The molecule has 0 radical (unpaired) electrons. The molecule has 0 aromatic rings. The van der Waals surface area contributed by atoms with Crippen LogP contribution in [0.1, 0.15) is 0 Å². The smallest absolute Gasteiger partial charge is 0.334 e. The summed E-state index contributed by atoms with van der Waals surface area (Å²) >= 11 is 1.48. The number of aliphatic carboxylic acids is 1. The van der Waals surface area contributed by atoms with Gasteiger partial charge in [-0.1, -0.05) is 0 Å². The van der Waals surface area contributed by atoms with Gasteiger partial charge in [-0.15, -0.1) is 11.8 Å². The van der Waals surface area contributed by atoms with Crippen LogP contribution in [0.5, 0.6) is 0 Å². The molecule has 1 heterocycles. The van der Waals surface area contributed by atoms with Gasteiger partial charge in [0.1, 0.15) is 0 Å². The van der Waals surface area contributed by atoms with Gasteiger partial charge in [0.05, 0.1) is 25.5 Å². The van der Waals surface area contributed by atoms with E-state index in [1.165, 1.54) is 11.8 Å². The van der Waals surface area contributed by atoms with E-state index in [0.29, 0.717) is 18.9 Å². The highest BCUT2D eigenvalue weighted by atomic mass is 32.2. The highest BCUT2D eigenvalue weighted by Crippen LogP contribution is 2.09. The Balaban J connectivity index is 2.28. The number of thioether (sulfide) groups is 1. The standard InChI is InChI=1S/C10H17NO5S/c1-15-4-5-17-7-9(12)11-2-3-16-8(6-11)10(13)14/h8H,2-7H2,1H3,(H,13,14). The fourth-order valence-corrected chi connectivity index (χ4v) is 2.20. The predicted octanol–water partition coefficient (Wildman–Crippen LogP) is -0.322. The zero-order chi connectivity index (χ0) is 12.7. The number of carboxylic acids is 1. The first-order chi connectivity index (χ1) is 8.15. The normalized spacial score (nSPS) is 20.3. The molecule has 0 saturated carbocycles. The maximum absolute atomic E-state index is 11.7. The van der Waals surface area contributed by atoms with E-state index >= 15 is 0 Å². The summed E-state index contributed by atoms with van der Waals surface area (Å²) in [5, 5.41) is 8.80. The van der Waals surface area contributed by atoms with Gasteiger partial charge in [0.25, 0.3) is 0 Å². The van der Waals surface area contributed by atoms with E-state index in [1.54, 1.807) is 12.0 Å². The van der Waals surface area contributed by atoms with E-state index in [4.69, 9.17) is 14.6 Å². The summed E-state index contributed by atoms with van der Waals surface area (Å²) in [6.45, 7) is 1.50. The van der Waals surface area contributed by atoms with Crippen molar-refractivity contribution < 1.29 is 24.2 Å². The number of rotatable bonds is 6. The van der Waals surface area contributed by atoms with Gasteiger partial charge in [-0.05, 0) is 0 Å². The second-order valence-electron chi connectivity index (χ2n) is 3.58. The zero-order valence-corrected chi connectivity index (χ0v) is 10.6. The minimum absolute atomic E-state index is 0.0411. The van der Waals surface area contributed by atoms with Crippen molar-refractivity contribution in [1.29, 1.82) is 0 Å². The molecule has 98 valence electrons. The highest BCUT2D eigenvalue weighted by Gasteiger charge is 2.28. The van der Waals surface area contributed by atoms with Gasteiger partial charge in [0.15, 0.2) is 6.10 Å². The quantitative estimate of drug-likeness (QED) is 0.662. The first-order valence-electron chi connectivity index (χ1n) is 5.34. The molecular weight excluding hydrogens is 246 g/mol. The van der Waals surface area contributed by atoms with Crippen molar-refractivity contribution in [3.8, 4) is 0 Å². The Morgan fingerprint density at radius 3 is 3.00 bits per heavy atom. The molecule has 0 aromatic heterocycles. The number of methoxy groups -OCH3 is 1. The predicted molar refractivity (Wildman–Crippen MR) is 63.2 cm³/mol. The minimum Gasteiger partial charge on any atom is -0.479 e. The summed E-state index contributed by atoms with van der Waals surface area (Å²) in [6.07, 6.45) is -0.892. The first-order valence-corrected chi connectivity index (χ1v) is 6.49. The summed E-state index contributed by atoms with van der Waals surface area (Å²) in [5.41, 5.74) is 0. The van der Waals surface area contributed by atoms with Crippen LogP contribution in [0.15, 0.2) is 0 Å². The van der Waals surface area contributed by atoms with Gasteiger partial charge in [0, 0.05) is 19.4 Å². The van der Waals surface area contributed by atoms with Crippen LogP contribution < -0.4 is 0 Å². The van der Waals surface area contributed by atoms with Crippen LogP contribution in [0.25, 0.3) is 0 Å². The lowest BCUT2D eigenvalue weighted by molar-refractivity contribution is -0.158. The fourth-order valence-electron chi connectivity index (χ4n) is 1.42. The third kappa shape index (κ3) is 4.93. The highest BCUT2D eigenvalue weighted by molar-refractivity contribution is 7.99. The number of hydrogen-bond acceptors (Lipinski definition) is 5. The molecule has 1 rings (SSSR count). The third-order valence-corrected chi connectivity index (χ3v) is 3.26. The minimum atomic E-state index is -1.02. The molecule has 17 heavy (non-hydrogen) atoms. The summed E-state index contributed by atoms with van der Waals surface area (Å²) in [6, 6.07) is 0. The van der Waals surface area contributed by atoms with Gasteiger partial charge in [0.2, 0.25) is 5.91 Å². The van der Waals surface area contributed by atoms with E-state index in [1.807, 2.05) is 0 Å².